The Balaban J connectivity index is 0.000000188. The van der Waals surface area contributed by atoms with Crippen LogP contribution >= 0.6 is 0 Å². The molecule has 1 heterocycles. The Morgan fingerprint density at radius 3 is 2.00 bits per heavy atom. The summed E-state index contributed by atoms with van der Waals surface area (Å²) < 4.78 is 0. The maximum Gasteiger partial charge on any atom is 0.187 e. The Kier molecular flexibility index (Phi) is 4.01. The molecule has 1 aliphatic rings. The molecule has 23 heavy (non-hydrogen) atoms. The highest BCUT2D eigenvalue weighted by molar-refractivity contribution is 6.03. The van der Waals surface area contributed by atoms with Crippen LogP contribution in [0.15, 0.2) is 60.7 Å². The quantitative estimate of drug-likeness (QED) is 0.666. The van der Waals surface area contributed by atoms with Crippen LogP contribution in [0, 0.1) is 0 Å². The van der Waals surface area contributed by atoms with Gasteiger partial charge in [-0.3, -0.25) is 4.79 Å². The van der Waals surface area contributed by atoms with Crippen LogP contribution in [0.1, 0.15) is 22.6 Å². The fourth-order valence-corrected chi connectivity index (χ4v) is 2.22. The van der Waals surface area contributed by atoms with E-state index >= 15 is 0 Å². The van der Waals surface area contributed by atoms with Crippen LogP contribution in [-0.4, -0.2) is 20.9 Å². The fraction of sp³-hybridized carbons (Fsp3) is 0.0556. The molecule has 0 fully saturated rings. The second kappa shape index (κ2) is 6.27. The average molecular weight is 305 g/mol. The number of Topliss-reactive ketones (excluding diaryl/α,β-unsaturated/α-hetero) is 1. The molecule has 0 unspecified atom stereocenters. The number of rotatable bonds is 0. The van der Waals surface area contributed by atoms with E-state index in [0.717, 1.165) is 11.0 Å². The van der Waals surface area contributed by atoms with E-state index < -0.39 is 0 Å². The Morgan fingerprint density at radius 1 is 0.870 bits per heavy atom. The van der Waals surface area contributed by atoms with Crippen molar-refractivity contribution < 1.29 is 9.90 Å². The highest BCUT2D eigenvalue weighted by Gasteiger charge is 2.21. The Bertz CT molecular complexity index is 889. The molecule has 0 saturated carbocycles. The summed E-state index contributed by atoms with van der Waals surface area (Å²) in [7, 11) is 0. The van der Waals surface area contributed by atoms with E-state index in [-0.39, 0.29) is 5.78 Å². The van der Waals surface area contributed by atoms with E-state index in [1.165, 1.54) is 0 Å². The minimum absolute atomic E-state index is 0.0255. The van der Waals surface area contributed by atoms with Gasteiger partial charge in [-0.05, 0) is 24.3 Å². The van der Waals surface area contributed by atoms with E-state index in [4.69, 9.17) is 10.8 Å². The molecule has 3 N–H and O–H groups in total. The zero-order valence-electron chi connectivity index (χ0n) is 12.3. The Labute approximate surface area is 133 Å². The number of fused-ring (bicyclic) bond motifs is 2. The second-order valence-corrected chi connectivity index (χ2v) is 5.03. The SMILES string of the molecule is NC1=CCC(=O)c2nc3ccccc3nc21.Oc1ccccc1. The molecule has 3 aromatic rings. The lowest BCUT2D eigenvalue weighted by atomic mass is 10.0. The highest BCUT2D eigenvalue weighted by Crippen LogP contribution is 2.22. The molecular weight excluding hydrogens is 290 g/mol. The van der Waals surface area contributed by atoms with Crippen LogP contribution < -0.4 is 5.73 Å². The van der Waals surface area contributed by atoms with Crippen LogP contribution in [0.3, 0.4) is 0 Å². The smallest absolute Gasteiger partial charge is 0.187 e. The number of para-hydroxylation sites is 3. The van der Waals surface area contributed by atoms with Gasteiger partial charge in [-0.1, -0.05) is 36.4 Å². The summed E-state index contributed by atoms with van der Waals surface area (Å²) in [6, 6.07) is 16.2. The normalized spacial score (nSPS) is 12.9. The van der Waals surface area contributed by atoms with E-state index in [1.54, 1.807) is 30.3 Å². The van der Waals surface area contributed by atoms with Gasteiger partial charge < -0.3 is 10.8 Å². The van der Waals surface area contributed by atoms with Crippen molar-refractivity contribution in [3.8, 4) is 5.75 Å². The van der Waals surface area contributed by atoms with Gasteiger partial charge in [0.05, 0.1) is 16.7 Å². The van der Waals surface area contributed by atoms with Crippen LogP contribution in [0.2, 0.25) is 0 Å². The average Bonchev–Trinajstić information content (AvgIpc) is 2.58. The molecule has 0 radical (unpaired) electrons. The summed E-state index contributed by atoms with van der Waals surface area (Å²) in [6.07, 6.45) is 2.00. The first-order valence-corrected chi connectivity index (χ1v) is 7.15. The minimum atomic E-state index is -0.0255. The second-order valence-electron chi connectivity index (χ2n) is 5.03. The van der Waals surface area contributed by atoms with Gasteiger partial charge in [0.1, 0.15) is 17.1 Å². The molecule has 2 aromatic carbocycles. The maximum absolute atomic E-state index is 11.7. The van der Waals surface area contributed by atoms with Gasteiger partial charge in [-0.25, -0.2) is 9.97 Å². The number of carbonyl (C=O) groups is 1. The van der Waals surface area contributed by atoms with Crippen LogP contribution in [-0.2, 0) is 0 Å². The number of hydrogen-bond donors (Lipinski definition) is 2. The van der Waals surface area contributed by atoms with Gasteiger partial charge in [0.15, 0.2) is 5.78 Å². The molecule has 5 heteroatoms. The summed E-state index contributed by atoms with van der Waals surface area (Å²) in [4.78, 5) is 20.4. The first kappa shape index (κ1) is 14.7. The number of phenolic OH excluding ortho intramolecular Hbond substituents is 1. The van der Waals surface area contributed by atoms with Crippen molar-refractivity contribution >= 4 is 22.5 Å². The number of aromatic nitrogens is 2. The summed E-state index contributed by atoms with van der Waals surface area (Å²) in [6.45, 7) is 0. The third-order valence-electron chi connectivity index (χ3n) is 3.37. The van der Waals surface area contributed by atoms with Crippen molar-refractivity contribution in [1.82, 2.24) is 9.97 Å². The van der Waals surface area contributed by atoms with Crippen LogP contribution in [0.25, 0.3) is 16.7 Å². The predicted molar refractivity (Wildman–Crippen MR) is 88.8 cm³/mol. The van der Waals surface area contributed by atoms with Gasteiger partial charge in [0, 0.05) is 6.42 Å². The van der Waals surface area contributed by atoms with Gasteiger partial charge in [0.25, 0.3) is 0 Å². The fourth-order valence-electron chi connectivity index (χ4n) is 2.22. The Morgan fingerprint density at radius 2 is 1.43 bits per heavy atom. The largest absolute Gasteiger partial charge is 0.508 e. The number of aromatic hydroxyl groups is 1. The van der Waals surface area contributed by atoms with Crippen molar-refractivity contribution in [3.63, 3.8) is 0 Å². The topological polar surface area (TPSA) is 89.1 Å². The van der Waals surface area contributed by atoms with Gasteiger partial charge >= 0.3 is 0 Å². The van der Waals surface area contributed by atoms with Gasteiger partial charge in [-0.2, -0.15) is 0 Å². The van der Waals surface area contributed by atoms with Crippen molar-refractivity contribution in [2.45, 2.75) is 6.42 Å². The third kappa shape index (κ3) is 3.18. The number of nitrogens with zero attached hydrogens (tertiary/aromatic N) is 2. The maximum atomic E-state index is 11.7. The van der Waals surface area contributed by atoms with Crippen molar-refractivity contribution in [1.29, 1.82) is 0 Å². The van der Waals surface area contributed by atoms with E-state index in [2.05, 4.69) is 9.97 Å². The first-order valence-electron chi connectivity index (χ1n) is 7.15. The molecule has 5 nitrogen and oxygen atoms in total. The third-order valence-corrected chi connectivity index (χ3v) is 3.37. The molecule has 0 saturated heterocycles. The summed E-state index contributed by atoms with van der Waals surface area (Å²) >= 11 is 0. The Hall–Kier alpha value is -3.21. The molecule has 0 bridgehead atoms. The zero-order chi connectivity index (χ0) is 16.2. The number of phenols is 1. The number of ketones is 1. The standard InChI is InChI=1S/C12H9N3O.C6H6O/c13-7-5-6-10(16)12-11(7)14-8-3-1-2-4-9(8)15-12;7-6-4-2-1-3-5-6/h1-5H,6,13H2;1-5,7H. The molecule has 4 rings (SSSR count). The lowest BCUT2D eigenvalue weighted by Crippen LogP contribution is -2.16. The molecule has 0 aliphatic heterocycles. The molecule has 0 spiro atoms. The summed E-state index contributed by atoms with van der Waals surface area (Å²) in [5.41, 5.74) is 8.72. The number of carbonyl (C=O) groups excluding carboxylic acids is 1. The number of benzene rings is 2. The highest BCUT2D eigenvalue weighted by atomic mass is 16.3. The monoisotopic (exact) mass is 305 g/mol. The molecule has 114 valence electrons. The molecule has 0 atom stereocenters. The van der Waals surface area contributed by atoms with Crippen LogP contribution in [0.5, 0.6) is 5.75 Å². The van der Waals surface area contributed by atoms with Gasteiger partial charge in [-0.15, -0.1) is 0 Å². The van der Waals surface area contributed by atoms with Crippen LogP contribution in [0.4, 0.5) is 0 Å². The van der Waals surface area contributed by atoms with Crippen molar-refractivity contribution in [3.05, 3.63) is 72.1 Å². The van der Waals surface area contributed by atoms with Crippen molar-refractivity contribution in [2.75, 3.05) is 0 Å². The number of allylic oxidation sites excluding steroid dienone is 1. The first-order chi connectivity index (χ1) is 11.1. The summed E-state index contributed by atoms with van der Waals surface area (Å²) in [5, 5.41) is 8.63. The molecule has 0 amide bonds. The van der Waals surface area contributed by atoms with Gasteiger partial charge in [0.2, 0.25) is 0 Å². The van der Waals surface area contributed by atoms with Crippen molar-refractivity contribution in [2.24, 2.45) is 5.73 Å². The van der Waals surface area contributed by atoms with E-state index in [1.807, 2.05) is 30.3 Å². The zero-order valence-corrected chi connectivity index (χ0v) is 12.3. The summed E-state index contributed by atoms with van der Waals surface area (Å²) in [5.74, 6) is 0.296. The lowest BCUT2D eigenvalue weighted by molar-refractivity contribution is 0.0989. The molecule has 1 aliphatic carbocycles. The lowest BCUT2D eigenvalue weighted by Gasteiger charge is -2.12. The van der Waals surface area contributed by atoms with E-state index in [0.29, 0.717) is 29.3 Å². The molecular formula is C18H15N3O2. The minimum Gasteiger partial charge on any atom is -0.508 e. The number of nitrogens with two attached hydrogens (primary N) is 1. The predicted octanol–water partition coefficient (Wildman–Crippen LogP) is 2.91. The molecule has 1 aromatic heterocycles. The van der Waals surface area contributed by atoms with E-state index in [9.17, 15) is 4.79 Å². The number of hydrogen-bond acceptors (Lipinski definition) is 5.